The lowest BCUT2D eigenvalue weighted by Crippen LogP contribution is -2.32. The van der Waals surface area contributed by atoms with Gasteiger partial charge in [0.15, 0.2) is 11.6 Å². The lowest BCUT2D eigenvalue weighted by atomic mass is 9.87. The van der Waals surface area contributed by atoms with E-state index in [1.807, 2.05) is 30.3 Å². The second-order valence-electron chi connectivity index (χ2n) is 6.40. The molecule has 128 valence electrons. The van der Waals surface area contributed by atoms with Crippen LogP contribution >= 0.6 is 0 Å². The molecule has 7 nitrogen and oxygen atoms in total. The molecule has 0 saturated carbocycles. The second-order valence-corrected chi connectivity index (χ2v) is 6.40. The topological polar surface area (TPSA) is 85.6 Å². The molecule has 1 N–H and O–H groups in total. The van der Waals surface area contributed by atoms with Crippen molar-refractivity contribution in [2.24, 2.45) is 0 Å². The molecule has 0 radical (unpaired) electrons. The summed E-state index contributed by atoms with van der Waals surface area (Å²) in [4.78, 5) is 26.0. The summed E-state index contributed by atoms with van der Waals surface area (Å²) in [5.74, 6) is 1.36. The maximum Gasteiger partial charge on any atom is 0.226 e. The van der Waals surface area contributed by atoms with Crippen molar-refractivity contribution in [1.29, 1.82) is 0 Å². The Kier molecular flexibility index (Phi) is 3.38. The van der Waals surface area contributed by atoms with Crippen molar-refractivity contribution in [3.63, 3.8) is 0 Å². The molecule has 0 saturated heterocycles. The summed E-state index contributed by atoms with van der Waals surface area (Å²) in [5, 5.41) is 8.00. The Labute approximate surface area is 149 Å². The molecule has 0 spiro atoms. The Morgan fingerprint density at radius 2 is 2.08 bits per heavy atom. The van der Waals surface area contributed by atoms with Gasteiger partial charge in [0.25, 0.3) is 0 Å². The maximum atomic E-state index is 12.7. The van der Waals surface area contributed by atoms with Crippen LogP contribution in [0.2, 0.25) is 0 Å². The zero-order valence-electron chi connectivity index (χ0n) is 14.0. The van der Waals surface area contributed by atoms with Gasteiger partial charge in [-0.05, 0) is 37.1 Å². The molecule has 1 atom stereocenters. The molecule has 3 aromatic rings. The van der Waals surface area contributed by atoms with Gasteiger partial charge >= 0.3 is 0 Å². The van der Waals surface area contributed by atoms with Gasteiger partial charge in [-0.15, -0.1) is 5.10 Å². The van der Waals surface area contributed by atoms with Crippen LogP contribution in [-0.4, -0.2) is 30.5 Å². The van der Waals surface area contributed by atoms with Crippen LogP contribution in [0.1, 0.15) is 31.0 Å². The smallest absolute Gasteiger partial charge is 0.226 e. The standard InChI is InChI=1S/C19H16N6O/c26-15-8-3-7-13-16(15)17(14-6-1-2-10-21-14)25-19(22-13)23-18(24-25)12-5-4-9-20-11-12/h1-2,4-6,9-11,17H,3,7-8H2,(H,22,23,24). The molecular weight excluding hydrogens is 328 g/mol. The van der Waals surface area contributed by atoms with Crippen molar-refractivity contribution in [2.75, 3.05) is 5.32 Å². The lowest BCUT2D eigenvalue weighted by molar-refractivity contribution is -0.116. The third-order valence-corrected chi connectivity index (χ3v) is 4.76. The molecule has 0 bridgehead atoms. The fourth-order valence-corrected chi connectivity index (χ4v) is 3.58. The van der Waals surface area contributed by atoms with Crippen molar-refractivity contribution >= 4 is 11.7 Å². The van der Waals surface area contributed by atoms with Crippen molar-refractivity contribution in [2.45, 2.75) is 25.3 Å². The number of hydrogen-bond acceptors (Lipinski definition) is 6. The van der Waals surface area contributed by atoms with Crippen LogP contribution in [0.25, 0.3) is 11.4 Å². The van der Waals surface area contributed by atoms with Gasteiger partial charge in [-0.1, -0.05) is 6.07 Å². The average molecular weight is 344 g/mol. The SMILES string of the molecule is O=C1CCCC2=C1C(c1ccccn1)n1nc(-c3cccnc3)nc1N2. The van der Waals surface area contributed by atoms with E-state index < -0.39 is 0 Å². The number of anilines is 1. The molecule has 0 amide bonds. The molecule has 0 fully saturated rings. The summed E-state index contributed by atoms with van der Waals surface area (Å²) < 4.78 is 1.77. The Bertz CT molecular complexity index is 1010. The molecule has 26 heavy (non-hydrogen) atoms. The van der Waals surface area contributed by atoms with Gasteiger partial charge in [-0.2, -0.15) is 4.98 Å². The summed E-state index contributed by atoms with van der Waals surface area (Å²) in [6.07, 6.45) is 7.43. The van der Waals surface area contributed by atoms with Gasteiger partial charge < -0.3 is 5.32 Å². The minimum atomic E-state index is -0.354. The minimum absolute atomic E-state index is 0.151. The van der Waals surface area contributed by atoms with Crippen LogP contribution < -0.4 is 5.32 Å². The van der Waals surface area contributed by atoms with E-state index in [2.05, 4.69) is 25.4 Å². The summed E-state index contributed by atoms with van der Waals surface area (Å²) >= 11 is 0. The molecule has 1 aliphatic heterocycles. The highest BCUT2D eigenvalue weighted by Crippen LogP contribution is 2.39. The van der Waals surface area contributed by atoms with Gasteiger partial charge in [0.05, 0.1) is 5.69 Å². The van der Waals surface area contributed by atoms with Gasteiger partial charge in [0.2, 0.25) is 5.95 Å². The molecule has 5 rings (SSSR count). The van der Waals surface area contributed by atoms with Gasteiger partial charge in [-0.25, -0.2) is 4.68 Å². The van der Waals surface area contributed by atoms with Crippen LogP contribution in [0.15, 0.2) is 60.2 Å². The van der Waals surface area contributed by atoms with Crippen LogP contribution in [0.5, 0.6) is 0 Å². The fraction of sp³-hybridized carbons (Fsp3) is 0.211. The van der Waals surface area contributed by atoms with Crippen molar-refractivity contribution in [3.8, 4) is 11.4 Å². The second kappa shape index (κ2) is 5.87. The minimum Gasteiger partial charge on any atom is -0.328 e. The quantitative estimate of drug-likeness (QED) is 0.769. The first kappa shape index (κ1) is 14.9. The van der Waals surface area contributed by atoms with Gasteiger partial charge in [0, 0.05) is 41.8 Å². The van der Waals surface area contributed by atoms with E-state index in [4.69, 9.17) is 0 Å². The van der Waals surface area contributed by atoms with Crippen LogP contribution in [0.4, 0.5) is 5.95 Å². The third kappa shape index (κ3) is 2.32. The Morgan fingerprint density at radius 1 is 1.12 bits per heavy atom. The van der Waals surface area contributed by atoms with Crippen LogP contribution in [0, 0.1) is 0 Å². The number of fused-ring (bicyclic) bond motifs is 1. The van der Waals surface area contributed by atoms with Crippen LogP contribution in [0.3, 0.4) is 0 Å². The largest absolute Gasteiger partial charge is 0.328 e. The predicted molar refractivity (Wildman–Crippen MR) is 95.1 cm³/mol. The molecule has 1 unspecified atom stereocenters. The van der Waals surface area contributed by atoms with E-state index >= 15 is 0 Å². The zero-order valence-corrected chi connectivity index (χ0v) is 14.0. The summed E-state index contributed by atoms with van der Waals surface area (Å²) in [7, 11) is 0. The average Bonchev–Trinajstić information content (AvgIpc) is 3.12. The molecule has 4 heterocycles. The number of rotatable bonds is 2. The van der Waals surface area contributed by atoms with E-state index in [1.165, 1.54) is 0 Å². The first-order valence-corrected chi connectivity index (χ1v) is 8.62. The fourth-order valence-electron chi connectivity index (χ4n) is 3.58. The normalized spacial score (nSPS) is 18.9. The predicted octanol–water partition coefficient (Wildman–Crippen LogP) is 2.76. The van der Waals surface area contributed by atoms with Crippen molar-refractivity contribution < 1.29 is 4.79 Å². The number of ketones is 1. The number of allylic oxidation sites excluding steroid dienone is 2. The first-order valence-electron chi connectivity index (χ1n) is 8.62. The zero-order chi connectivity index (χ0) is 17.5. The summed E-state index contributed by atoms with van der Waals surface area (Å²) in [5.41, 5.74) is 3.32. The highest BCUT2D eigenvalue weighted by atomic mass is 16.1. The molecule has 7 heteroatoms. The van der Waals surface area contributed by atoms with Gasteiger partial charge in [0.1, 0.15) is 6.04 Å². The van der Waals surface area contributed by atoms with E-state index in [0.29, 0.717) is 18.2 Å². The lowest BCUT2D eigenvalue weighted by Gasteiger charge is -2.31. The number of hydrogen-bond donors (Lipinski definition) is 1. The Balaban J connectivity index is 1.69. The van der Waals surface area contributed by atoms with Gasteiger partial charge in [-0.3, -0.25) is 14.8 Å². The van der Waals surface area contributed by atoms with Crippen LogP contribution in [-0.2, 0) is 4.79 Å². The third-order valence-electron chi connectivity index (χ3n) is 4.76. The van der Waals surface area contributed by atoms with Crippen molar-refractivity contribution in [1.82, 2.24) is 24.7 Å². The van der Waals surface area contributed by atoms with E-state index in [0.717, 1.165) is 35.4 Å². The first-order chi connectivity index (χ1) is 12.8. The van der Waals surface area contributed by atoms with E-state index in [1.54, 1.807) is 23.3 Å². The summed E-state index contributed by atoms with van der Waals surface area (Å²) in [6, 6.07) is 9.14. The number of pyridine rings is 2. The Morgan fingerprint density at radius 3 is 2.88 bits per heavy atom. The Hall–Kier alpha value is -3.35. The number of Topliss-reactive ketones (excluding diaryl/α,β-unsaturated/α-hetero) is 1. The van der Waals surface area contributed by atoms with Crippen molar-refractivity contribution in [3.05, 3.63) is 65.9 Å². The number of carbonyl (C=O) groups excluding carboxylic acids is 1. The number of nitrogens with zero attached hydrogens (tertiary/aromatic N) is 5. The summed E-state index contributed by atoms with van der Waals surface area (Å²) in [6.45, 7) is 0. The number of nitrogens with one attached hydrogen (secondary N) is 1. The van der Waals surface area contributed by atoms with E-state index in [-0.39, 0.29) is 11.8 Å². The monoisotopic (exact) mass is 344 g/mol. The molecule has 3 aromatic heterocycles. The maximum absolute atomic E-state index is 12.7. The highest BCUT2D eigenvalue weighted by Gasteiger charge is 2.37. The molecule has 2 aliphatic rings. The van der Waals surface area contributed by atoms with E-state index in [9.17, 15) is 4.79 Å². The number of carbonyl (C=O) groups is 1. The molecular formula is C19H16N6O. The number of aromatic nitrogens is 5. The highest BCUT2D eigenvalue weighted by molar-refractivity contribution is 5.99. The molecule has 0 aromatic carbocycles. The molecule has 1 aliphatic carbocycles.